The third-order valence-electron chi connectivity index (χ3n) is 2.94. The number of benzene rings is 1. The van der Waals surface area contributed by atoms with Gasteiger partial charge in [0.15, 0.2) is 0 Å². The largest absolute Gasteiger partial charge is 0.233 e. The topological polar surface area (TPSA) is 12.9 Å². The molecular weight excluding hydrogens is 256 g/mol. The van der Waals surface area contributed by atoms with Crippen LogP contribution in [-0.2, 0) is 5.41 Å². The Balaban J connectivity index is 2.90. The number of pyridine rings is 1. The molecule has 0 aliphatic rings. The lowest BCUT2D eigenvalue weighted by atomic mass is 9.87. The molecule has 0 spiro atoms. The van der Waals surface area contributed by atoms with Crippen molar-refractivity contribution < 1.29 is 8.78 Å². The van der Waals surface area contributed by atoms with Gasteiger partial charge < -0.3 is 0 Å². The van der Waals surface area contributed by atoms with Gasteiger partial charge in [0.25, 0.3) is 0 Å². The van der Waals surface area contributed by atoms with E-state index in [1.165, 1.54) is 6.92 Å². The highest BCUT2D eigenvalue weighted by atomic mass is 35.5. The second-order valence-corrected chi connectivity index (χ2v) is 5.82. The molecule has 4 heteroatoms. The number of rotatable bonds is 0. The highest BCUT2D eigenvalue weighted by Crippen LogP contribution is 2.33. The van der Waals surface area contributed by atoms with Gasteiger partial charge in [0, 0.05) is 5.39 Å². The predicted octanol–water partition coefficient (Wildman–Crippen LogP) is 4.77. The molecule has 2 aromatic rings. The fraction of sp³-hybridized carbons (Fsp3) is 0.357. The van der Waals surface area contributed by atoms with Gasteiger partial charge in [0.1, 0.15) is 22.3 Å². The first-order chi connectivity index (χ1) is 8.21. The summed E-state index contributed by atoms with van der Waals surface area (Å²) in [7, 11) is 0. The van der Waals surface area contributed by atoms with E-state index in [0.717, 1.165) is 6.07 Å². The normalized spacial score (nSPS) is 12.2. The molecule has 0 aliphatic heterocycles. The molecule has 1 nitrogen and oxygen atoms in total. The Hall–Kier alpha value is -1.22. The van der Waals surface area contributed by atoms with E-state index in [9.17, 15) is 8.78 Å². The van der Waals surface area contributed by atoms with Crippen LogP contribution in [0.2, 0.25) is 5.15 Å². The van der Waals surface area contributed by atoms with Gasteiger partial charge in [-0.1, -0.05) is 32.4 Å². The van der Waals surface area contributed by atoms with Crippen LogP contribution < -0.4 is 0 Å². The molecule has 1 heterocycles. The number of halogens is 3. The highest BCUT2D eigenvalue weighted by molar-refractivity contribution is 6.30. The monoisotopic (exact) mass is 269 g/mol. The minimum Gasteiger partial charge on any atom is -0.233 e. The maximum atomic E-state index is 14.0. The average Bonchev–Trinajstić information content (AvgIpc) is 2.24. The molecule has 0 aliphatic carbocycles. The van der Waals surface area contributed by atoms with Gasteiger partial charge in [-0.3, -0.25) is 0 Å². The zero-order valence-corrected chi connectivity index (χ0v) is 11.5. The SMILES string of the molecule is Cc1cc(F)c2nc(Cl)c(C(C)(C)C)cc2c1F. The lowest BCUT2D eigenvalue weighted by Crippen LogP contribution is -2.13. The Morgan fingerprint density at radius 1 is 1.17 bits per heavy atom. The number of hydrogen-bond donors (Lipinski definition) is 0. The summed E-state index contributed by atoms with van der Waals surface area (Å²) < 4.78 is 27.8. The first kappa shape index (κ1) is 13.2. The van der Waals surface area contributed by atoms with Crippen molar-refractivity contribution in [3.63, 3.8) is 0 Å². The Kier molecular flexibility index (Phi) is 3.06. The van der Waals surface area contributed by atoms with Gasteiger partial charge in [-0.25, -0.2) is 13.8 Å². The van der Waals surface area contributed by atoms with Crippen molar-refractivity contribution >= 4 is 22.5 Å². The molecule has 1 aromatic carbocycles. The molecule has 96 valence electrons. The quantitative estimate of drug-likeness (QED) is 0.628. The molecule has 1 aromatic heterocycles. The Morgan fingerprint density at radius 2 is 1.78 bits per heavy atom. The first-order valence-electron chi connectivity index (χ1n) is 5.67. The maximum Gasteiger partial charge on any atom is 0.149 e. The van der Waals surface area contributed by atoms with E-state index in [2.05, 4.69) is 4.98 Å². The Morgan fingerprint density at radius 3 is 2.33 bits per heavy atom. The minimum absolute atomic E-state index is 0.0175. The smallest absolute Gasteiger partial charge is 0.149 e. The van der Waals surface area contributed by atoms with Gasteiger partial charge in [-0.2, -0.15) is 0 Å². The summed E-state index contributed by atoms with van der Waals surface area (Å²) in [6, 6.07) is 2.73. The molecule has 0 N–H and O–H groups in total. The van der Waals surface area contributed by atoms with Crippen LogP contribution in [0.5, 0.6) is 0 Å². The Labute approximate surface area is 110 Å². The van der Waals surface area contributed by atoms with Gasteiger partial charge >= 0.3 is 0 Å². The zero-order valence-electron chi connectivity index (χ0n) is 10.7. The number of hydrogen-bond acceptors (Lipinski definition) is 1. The van der Waals surface area contributed by atoms with Crippen LogP contribution in [0.25, 0.3) is 10.9 Å². The molecule has 0 atom stereocenters. The fourth-order valence-electron chi connectivity index (χ4n) is 1.90. The highest BCUT2D eigenvalue weighted by Gasteiger charge is 2.21. The molecule has 0 amide bonds. The first-order valence-corrected chi connectivity index (χ1v) is 6.05. The maximum absolute atomic E-state index is 14.0. The summed E-state index contributed by atoms with van der Waals surface area (Å²) in [4.78, 5) is 3.99. The van der Waals surface area contributed by atoms with E-state index in [4.69, 9.17) is 11.6 Å². The summed E-state index contributed by atoms with van der Waals surface area (Å²) in [5.74, 6) is -0.993. The van der Waals surface area contributed by atoms with E-state index in [-0.39, 0.29) is 27.0 Å². The molecule has 0 bridgehead atoms. The molecule has 0 fully saturated rings. The van der Waals surface area contributed by atoms with Crippen LogP contribution >= 0.6 is 11.6 Å². The van der Waals surface area contributed by atoms with E-state index in [1.54, 1.807) is 6.07 Å². The van der Waals surface area contributed by atoms with Crippen LogP contribution in [0.3, 0.4) is 0 Å². The predicted molar refractivity (Wildman–Crippen MR) is 70.1 cm³/mol. The summed E-state index contributed by atoms with van der Waals surface area (Å²) in [5.41, 5.74) is 0.686. The van der Waals surface area contributed by atoms with E-state index in [1.807, 2.05) is 20.8 Å². The third-order valence-corrected chi connectivity index (χ3v) is 3.22. The van der Waals surface area contributed by atoms with Crippen LogP contribution in [0.1, 0.15) is 31.9 Å². The van der Waals surface area contributed by atoms with Crippen molar-refractivity contribution in [3.8, 4) is 0 Å². The van der Waals surface area contributed by atoms with E-state index < -0.39 is 11.6 Å². The van der Waals surface area contributed by atoms with Crippen LogP contribution in [0.4, 0.5) is 8.78 Å². The molecule has 0 radical (unpaired) electrons. The minimum atomic E-state index is -0.550. The van der Waals surface area contributed by atoms with Crippen molar-refractivity contribution in [1.29, 1.82) is 0 Å². The number of aromatic nitrogens is 1. The molecule has 0 saturated heterocycles. The van der Waals surface area contributed by atoms with E-state index in [0.29, 0.717) is 5.56 Å². The van der Waals surface area contributed by atoms with Crippen LogP contribution in [0.15, 0.2) is 12.1 Å². The summed E-state index contributed by atoms with van der Waals surface area (Å²) >= 11 is 6.05. The van der Waals surface area contributed by atoms with Gasteiger partial charge in [0.05, 0.1) is 0 Å². The summed E-state index contributed by atoms with van der Waals surface area (Å²) in [6.45, 7) is 7.38. The Bertz CT molecular complexity index is 630. The van der Waals surface area contributed by atoms with Crippen LogP contribution in [-0.4, -0.2) is 4.98 Å². The second-order valence-electron chi connectivity index (χ2n) is 5.46. The van der Waals surface area contributed by atoms with Crippen LogP contribution in [0, 0.1) is 18.6 Å². The number of nitrogens with zero attached hydrogens (tertiary/aromatic N) is 1. The molecular formula is C14H14ClF2N. The molecule has 0 saturated carbocycles. The van der Waals surface area contributed by atoms with Crippen molar-refractivity contribution in [1.82, 2.24) is 4.98 Å². The van der Waals surface area contributed by atoms with Crippen molar-refractivity contribution in [2.75, 3.05) is 0 Å². The third kappa shape index (κ3) is 2.07. The fourth-order valence-corrected chi connectivity index (χ4v) is 2.32. The summed E-state index contributed by atoms with van der Waals surface area (Å²) in [5, 5.41) is 0.402. The molecule has 0 unspecified atom stereocenters. The second kappa shape index (κ2) is 4.16. The lowest BCUT2D eigenvalue weighted by Gasteiger charge is -2.20. The standard InChI is InChI=1S/C14H14ClF2N/c1-7-5-10(16)12-8(11(7)17)6-9(13(15)18-12)14(2,3)4/h5-6H,1-4H3. The van der Waals surface area contributed by atoms with Crippen molar-refractivity contribution in [2.24, 2.45) is 0 Å². The van der Waals surface area contributed by atoms with Crippen molar-refractivity contribution in [2.45, 2.75) is 33.1 Å². The number of fused-ring (bicyclic) bond motifs is 1. The lowest BCUT2D eigenvalue weighted by molar-refractivity contribution is 0.584. The van der Waals surface area contributed by atoms with Gasteiger partial charge in [-0.15, -0.1) is 0 Å². The summed E-state index contributed by atoms with van der Waals surface area (Å²) in [6.07, 6.45) is 0. The van der Waals surface area contributed by atoms with E-state index >= 15 is 0 Å². The zero-order chi connectivity index (χ0) is 13.7. The van der Waals surface area contributed by atoms with Gasteiger partial charge in [-0.05, 0) is 35.6 Å². The van der Waals surface area contributed by atoms with Crippen molar-refractivity contribution in [3.05, 3.63) is 40.0 Å². The van der Waals surface area contributed by atoms with Gasteiger partial charge in [0.2, 0.25) is 0 Å². The molecule has 18 heavy (non-hydrogen) atoms. The molecule has 2 rings (SSSR count). The average molecular weight is 270 g/mol. The number of aryl methyl sites for hydroxylation is 1.